The topological polar surface area (TPSA) is 42.2 Å². The van der Waals surface area contributed by atoms with Gasteiger partial charge in [0.25, 0.3) is 0 Å². The molecule has 0 saturated carbocycles. The van der Waals surface area contributed by atoms with E-state index in [0.29, 0.717) is 12.2 Å². The molecule has 3 nitrogen and oxygen atoms in total. The van der Waals surface area contributed by atoms with Crippen LogP contribution in [0, 0.1) is 11.3 Å². The first-order chi connectivity index (χ1) is 8.88. The van der Waals surface area contributed by atoms with Crippen LogP contribution in [0.1, 0.15) is 12.0 Å². The van der Waals surface area contributed by atoms with Gasteiger partial charge in [0, 0.05) is 17.2 Å². The highest BCUT2D eigenvalue weighted by Gasteiger charge is 2.18. The average molecular weight is 239 g/mol. The van der Waals surface area contributed by atoms with Gasteiger partial charge in [0.1, 0.15) is 11.9 Å². The Morgan fingerprint density at radius 1 is 1.17 bits per heavy atom. The van der Waals surface area contributed by atoms with Gasteiger partial charge in [0.15, 0.2) is 0 Å². The molecule has 0 radical (unpaired) electrons. The number of fused-ring (bicyclic) bond motifs is 1. The van der Waals surface area contributed by atoms with E-state index in [1.807, 2.05) is 36.4 Å². The fraction of sp³-hybridized carbons (Fsp3) is 0.267. The molecule has 0 aliphatic carbocycles. The molecule has 0 spiro atoms. The van der Waals surface area contributed by atoms with Crippen molar-refractivity contribution in [1.29, 1.82) is 5.26 Å². The van der Waals surface area contributed by atoms with Gasteiger partial charge in [-0.25, -0.2) is 0 Å². The molecule has 1 atom stereocenters. The van der Waals surface area contributed by atoms with Crippen molar-refractivity contribution in [3.63, 3.8) is 0 Å². The van der Waals surface area contributed by atoms with Crippen LogP contribution < -0.4 is 4.74 Å². The molecule has 0 N–H and O–H groups in total. The molecular formula is C15H13NO2. The molecule has 1 fully saturated rings. The minimum atomic E-state index is 0.126. The molecule has 18 heavy (non-hydrogen) atoms. The molecule has 0 amide bonds. The van der Waals surface area contributed by atoms with Crippen molar-refractivity contribution in [1.82, 2.24) is 0 Å². The van der Waals surface area contributed by atoms with Gasteiger partial charge in [0.2, 0.25) is 0 Å². The maximum Gasteiger partial charge on any atom is 0.127 e. The lowest BCUT2D eigenvalue weighted by atomic mass is 10.0. The highest BCUT2D eigenvalue weighted by Crippen LogP contribution is 2.29. The summed E-state index contributed by atoms with van der Waals surface area (Å²) in [6.07, 6.45) is 1.05. The quantitative estimate of drug-likeness (QED) is 0.809. The molecule has 3 rings (SSSR count). The highest BCUT2D eigenvalue weighted by atomic mass is 16.5. The lowest BCUT2D eigenvalue weighted by Crippen LogP contribution is -2.15. The number of ether oxygens (including phenoxy) is 2. The summed E-state index contributed by atoms with van der Waals surface area (Å²) in [5, 5.41) is 11.0. The van der Waals surface area contributed by atoms with Crippen LogP contribution in [-0.4, -0.2) is 19.3 Å². The van der Waals surface area contributed by atoms with Crippen molar-refractivity contribution in [3.05, 3.63) is 42.0 Å². The SMILES string of the molecule is N#Cc1ccc(OC2CCOC2)c2ccccc12. The summed E-state index contributed by atoms with van der Waals surface area (Å²) in [6.45, 7) is 1.41. The molecular weight excluding hydrogens is 226 g/mol. The van der Waals surface area contributed by atoms with E-state index in [0.717, 1.165) is 29.5 Å². The second kappa shape index (κ2) is 4.67. The van der Waals surface area contributed by atoms with E-state index in [1.165, 1.54) is 0 Å². The molecule has 1 unspecified atom stereocenters. The Morgan fingerprint density at radius 2 is 2.00 bits per heavy atom. The zero-order chi connectivity index (χ0) is 12.4. The molecule has 0 aromatic heterocycles. The van der Waals surface area contributed by atoms with Gasteiger partial charge < -0.3 is 9.47 Å². The van der Waals surface area contributed by atoms with Crippen LogP contribution in [0.25, 0.3) is 10.8 Å². The zero-order valence-corrected chi connectivity index (χ0v) is 9.93. The van der Waals surface area contributed by atoms with Crippen LogP contribution in [0.3, 0.4) is 0 Å². The number of nitrogens with zero attached hydrogens (tertiary/aromatic N) is 1. The van der Waals surface area contributed by atoms with Gasteiger partial charge in [-0.2, -0.15) is 5.26 Å². The number of rotatable bonds is 2. The van der Waals surface area contributed by atoms with Crippen molar-refractivity contribution in [2.45, 2.75) is 12.5 Å². The highest BCUT2D eigenvalue weighted by molar-refractivity contribution is 5.92. The third kappa shape index (κ3) is 1.92. The third-order valence-electron chi connectivity index (χ3n) is 3.19. The van der Waals surface area contributed by atoms with E-state index in [9.17, 15) is 0 Å². The second-order valence-electron chi connectivity index (χ2n) is 4.37. The summed E-state index contributed by atoms with van der Waals surface area (Å²) in [4.78, 5) is 0. The average Bonchev–Trinajstić information content (AvgIpc) is 2.92. The predicted octanol–water partition coefficient (Wildman–Crippen LogP) is 2.88. The molecule has 90 valence electrons. The van der Waals surface area contributed by atoms with Crippen LogP contribution in [-0.2, 0) is 4.74 Å². The van der Waals surface area contributed by atoms with Gasteiger partial charge in [-0.15, -0.1) is 0 Å². The summed E-state index contributed by atoms with van der Waals surface area (Å²) in [5.41, 5.74) is 0.681. The maximum absolute atomic E-state index is 9.10. The number of hydrogen-bond acceptors (Lipinski definition) is 3. The first-order valence-corrected chi connectivity index (χ1v) is 6.05. The Morgan fingerprint density at radius 3 is 2.72 bits per heavy atom. The zero-order valence-electron chi connectivity index (χ0n) is 9.93. The Hall–Kier alpha value is -2.05. The molecule has 2 aromatic rings. The van der Waals surface area contributed by atoms with Crippen LogP contribution in [0.15, 0.2) is 36.4 Å². The third-order valence-corrected chi connectivity index (χ3v) is 3.19. The lowest BCUT2D eigenvalue weighted by molar-refractivity contribution is 0.142. The maximum atomic E-state index is 9.10. The van der Waals surface area contributed by atoms with Crippen LogP contribution in [0.5, 0.6) is 5.75 Å². The van der Waals surface area contributed by atoms with Crippen molar-refractivity contribution >= 4 is 10.8 Å². The van der Waals surface area contributed by atoms with Crippen molar-refractivity contribution < 1.29 is 9.47 Å². The number of benzene rings is 2. The lowest BCUT2D eigenvalue weighted by Gasteiger charge is -2.14. The number of hydrogen-bond donors (Lipinski definition) is 0. The van der Waals surface area contributed by atoms with Gasteiger partial charge in [-0.05, 0) is 12.1 Å². The Balaban J connectivity index is 2.04. The standard InChI is InChI=1S/C15H13NO2/c16-9-11-5-6-15(18-12-7-8-17-10-12)14-4-2-1-3-13(11)14/h1-6,12H,7-8,10H2. The predicted molar refractivity (Wildman–Crippen MR) is 68.5 cm³/mol. The van der Waals surface area contributed by atoms with Crippen LogP contribution in [0.2, 0.25) is 0 Å². The molecule has 1 aliphatic heterocycles. The Bertz CT molecular complexity index is 609. The minimum absolute atomic E-state index is 0.126. The molecule has 2 aromatic carbocycles. The van der Waals surface area contributed by atoms with Gasteiger partial charge in [-0.1, -0.05) is 24.3 Å². The van der Waals surface area contributed by atoms with Gasteiger partial charge in [-0.3, -0.25) is 0 Å². The monoisotopic (exact) mass is 239 g/mol. The first-order valence-electron chi connectivity index (χ1n) is 6.05. The fourth-order valence-corrected chi connectivity index (χ4v) is 2.26. The molecule has 3 heteroatoms. The van der Waals surface area contributed by atoms with E-state index >= 15 is 0 Å². The van der Waals surface area contributed by atoms with E-state index in [-0.39, 0.29) is 6.10 Å². The van der Waals surface area contributed by atoms with Crippen molar-refractivity contribution in [2.24, 2.45) is 0 Å². The molecule has 0 bridgehead atoms. The van der Waals surface area contributed by atoms with E-state index in [4.69, 9.17) is 14.7 Å². The summed E-state index contributed by atoms with van der Waals surface area (Å²) in [5.74, 6) is 0.833. The molecule has 1 aliphatic rings. The molecule has 1 saturated heterocycles. The Kier molecular flexibility index (Phi) is 2.87. The van der Waals surface area contributed by atoms with Gasteiger partial charge >= 0.3 is 0 Å². The largest absolute Gasteiger partial charge is 0.487 e. The van der Waals surface area contributed by atoms with Crippen LogP contribution in [0.4, 0.5) is 0 Å². The minimum Gasteiger partial charge on any atom is -0.487 e. The summed E-state index contributed by atoms with van der Waals surface area (Å²) in [6, 6.07) is 13.7. The summed E-state index contributed by atoms with van der Waals surface area (Å²) >= 11 is 0. The van der Waals surface area contributed by atoms with Crippen LogP contribution >= 0.6 is 0 Å². The second-order valence-corrected chi connectivity index (χ2v) is 4.37. The van der Waals surface area contributed by atoms with E-state index in [1.54, 1.807) is 0 Å². The number of nitriles is 1. The smallest absolute Gasteiger partial charge is 0.127 e. The van der Waals surface area contributed by atoms with E-state index in [2.05, 4.69) is 6.07 Å². The Labute approximate surface area is 106 Å². The van der Waals surface area contributed by atoms with Crippen molar-refractivity contribution in [2.75, 3.05) is 13.2 Å². The summed E-state index contributed by atoms with van der Waals surface area (Å²) in [7, 11) is 0. The molecule has 1 heterocycles. The normalized spacial score (nSPS) is 18.7. The van der Waals surface area contributed by atoms with E-state index < -0.39 is 0 Å². The van der Waals surface area contributed by atoms with Crippen molar-refractivity contribution in [3.8, 4) is 11.8 Å². The first kappa shape index (κ1) is 11.1. The summed E-state index contributed by atoms with van der Waals surface area (Å²) < 4.78 is 11.3. The van der Waals surface area contributed by atoms with Gasteiger partial charge in [0.05, 0.1) is 24.8 Å². The fourth-order valence-electron chi connectivity index (χ4n) is 2.26.